The van der Waals surface area contributed by atoms with Crippen LogP contribution in [0.1, 0.15) is 5.56 Å². The molecule has 16 heavy (non-hydrogen) atoms. The van der Waals surface area contributed by atoms with Crippen molar-refractivity contribution < 1.29 is 24.6 Å². The number of carbonyl (C=O) groups is 1. The number of aromatic hydroxyl groups is 2. The molecule has 84 valence electrons. The molecule has 0 saturated heterocycles. The van der Waals surface area contributed by atoms with Crippen molar-refractivity contribution in [3.05, 3.63) is 17.7 Å². The third-order valence-corrected chi connectivity index (χ3v) is 2.12. The molecule has 1 atom stereocenters. The molecule has 7 heteroatoms. The summed E-state index contributed by atoms with van der Waals surface area (Å²) in [6.07, 6.45) is -0.314. The number of carboxylic acid groups (broad SMARTS) is 1. The molecule has 0 heterocycles. The maximum Gasteiger partial charge on any atom is 0.323 e. The van der Waals surface area contributed by atoms with Crippen LogP contribution in [0.3, 0.4) is 0 Å². The van der Waals surface area contributed by atoms with Crippen molar-refractivity contribution >= 4 is 19.3 Å². The summed E-state index contributed by atoms with van der Waals surface area (Å²) in [5.41, 5.74) is 1.13. The van der Waals surface area contributed by atoms with E-state index in [9.17, 15) is 19.5 Å². The monoisotopic (exact) mass is 225 g/mol. The van der Waals surface area contributed by atoms with Gasteiger partial charge in [0.2, 0.25) is 0 Å². The molecule has 0 aliphatic heterocycles. The summed E-state index contributed by atoms with van der Waals surface area (Å²) < 4.78 is 12.1. The highest BCUT2D eigenvalue weighted by Gasteiger charge is 2.20. The van der Waals surface area contributed by atoms with Gasteiger partial charge in [0.15, 0.2) is 5.75 Å². The van der Waals surface area contributed by atoms with Gasteiger partial charge in [0, 0.05) is 6.42 Å². The zero-order chi connectivity index (χ0) is 12.3. The zero-order valence-corrected chi connectivity index (χ0v) is 8.14. The molecule has 0 saturated carbocycles. The smallest absolute Gasteiger partial charge is 0.323 e. The van der Waals surface area contributed by atoms with Crippen molar-refractivity contribution in [2.45, 2.75) is 12.5 Å². The first-order valence-corrected chi connectivity index (χ1v) is 4.35. The molecule has 1 aromatic carbocycles. The van der Waals surface area contributed by atoms with E-state index in [0.29, 0.717) is 0 Å². The van der Waals surface area contributed by atoms with E-state index >= 15 is 0 Å². The summed E-state index contributed by atoms with van der Waals surface area (Å²) in [5, 5.41) is 27.3. The quantitative estimate of drug-likeness (QED) is 0.311. The number of carboxylic acids is 1. The Balaban J connectivity index is 2.97. The highest BCUT2D eigenvalue weighted by Crippen LogP contribution is 2.27. The molecule has 2 radical (unpaired) electrons. The maximum atomic E-state index is 12.1. The first kappa shape index (κ1) is 12.3. The van der Waals surface area contributed by atoms with Gasteiger partial charge in [-0.1, -0.05) is 17.6 Å². The Labute approximate surface area is 91.9 Å². The summed E-state index contributed by atoms with van der Waals surface area (Å²) in [4.78, 5) is 10.5. The zero-order valence-electron chi connectivity index (χ0n) is 8.14. The van der Waals surface area contributed by atoms with Crippen LogP contribution in [-0.2, 0) is 11.2 Å². The molecule has 1 rings (SSSR count). The fourth-order valence-electron chi connectivity index (χ4n) is 1.19. The second kappa shape index (κ2) is 4.85. The number of phenolic OH excluding ortho intramolecular Hbond substituents is 2. The van der Waals surface area contributed by atoms with Gasteiger partial charge in [0.1, 0.15) is 19.6 Å². The lowest BCUT2D eigenvalue weighted by Gasteiger charge is -2.12. The number of benzene rings is 1. The van der Waals surface area contributed by atoms with Crippen molar-refractivity contribution in [2.24, 2.45) is 0 Å². The molecule has 5 nitrogen and oxygen atoms in total. The minimum Gasteiger partial charge on any atom is -0.505 e. The van der Waals surface area contributed by atoms with Crippen LogP contribution in [0.5, 0.6) is 11.5 Å². The van der Waals surface area contributed by atoms with E-state index in [-0.39, 0.29) is 17.4 Å². The van der Waals surface area contributed by atoms with E-state index in [1.165, 1.54) is 12.1 Å². The number of hydrogen-bond acceptors (Lipinski definition) is 4. The van der Waals surface area contributed by atoms with E-state index in [2.05, 4.69) is 0 Å². The van der Waals surface area contributed by atoms with Gasteiger partial charge in [0.25, 0.3) is 0 Å². The molecular weight excluding hydrogens is 216 g/mol. The topological polar surface area (TPSA) is 89.8 Å². The lowest BCUT2D eigenvalue weighted by atomic mass is 9.91. The highest BCUT2D eigenvalue weighted by atomic mass is 19.2. The van der Waals surface area contributed by atoms with Crippen LogP contribution in [0.15, 0.2) is 12.1 Å². The SMILES string of the molecule is [B]c1ccc(CC(NF)C(=O)O)c(O)c1O. The molecule has 1 aromatic rings. The van der Waals surface area contributed by atoms with Crippen LogP contribution in [0.4, 0.5) is 4.48 Å². The number of halogens is 1. The first-order valence-electron chi connectivity index (χ1n) is 4.35. The summed E-state index contributed by atoms with van der Waals surface area (Å²) in [5.74, 6) is -2.49. The van der Waals surface area contributed by atoms with Crippen LogP contribution in [0.2, 0.25) is 0 Å². The number of nitrogens with one attached hydrogen (secondary N) is 1. The average molecular weight is 225 g/mol. The second-order valence-electron chi connectivity index (χ2n) is 3.22. The molecule has 0 aliphatic carbocycles. The molecule has 1 unspecified atom stereocenters. The fraction of sp³-hybridized carbons (Fsp3) is 0.222. The number of rotatable bonds is 4. The minimum absolute atomic E-state index is 0.0404. The fourth-order valence-corrected chi connectivity index (χ4v) is 1.19. The van der Waals surface area contributed by atoms with Crippen LogP contribution in [0.25, 0.3) is 0 Å². The number of aliphatic carboxylic acids is 1. The van der Waals surface area contributed by atoms with Crippen molar-refractivity contribution in [1.29, 1.82) is 0 Å². The third kappa shape index (κ3) is 2.43. The van der Waals surface area contributed by atoms with E-state index in [1.54, 1.807) is 0 Å². The van der Waals surface area contributed by atoms with Crippen LogP contribution in [0, 0.1) is 0 Å². The second-order valence-corrected chi connectivity index (χ2v) is 3.22. The largest absolute Gasteiger partial charge is 0.505 e. The number of hydrogen-bond donors (Lipinski definition) is 4. The lowest BCUT2D eigenvalue weighted by Crippen LogP contribution is -2.33. The van der Waals surface area contributed by atoms with Gasteiger partial charge >= 0.3 is 5.97 Å². The summed E-state index contributed by atoms with van der Waals surface area (Å²) >= 11 is 0. The highest BCUT2D eigenvalue weighted by molar-refractivity contribution is 6.34. The summed E-state index contributed by atoms with van der Waals surface area (Å²) in [6.45, 7) is 0. The van der Waals surface area contributed by atoms with Crippen molar-refractivity contribution in [3.8, 4) is 11.5 Å². The Morgan fingerprint density at radius 2 is 2.06 bits per heavy atom. The Hall–Kier alpha value is -1.76. The standard InChI is InChI=1S/C9H9BFNO4/c10-5-2-1-4(7(13)8(5)14)3-6(12-11)9(15)16/h1-2,6,12-14H,3H2,(H,15,16). The predicted molar refractivity (Wildman–Crippen MR) is 54.5 cm³/mol. The van der Waals surface area contributed by atoms with Crippen LogP contribution in [-0.4, -0.2) is 35.2 Å². The van der Waals surface area contributed by atoms with Gasteiger partial charge in [-0.25, -0.2) is 0 Å². The normalized spacial score (nSPS) is 12.3. The molecule has 0 fully saturated rings. The van der Waals surface area contributed by atoms with Gasteiger partial charge < -0.3 is 15.3 Å². The van der Waals surface area contributed by atoms with E-state index in [4.69, 9.17) is 13.0 Å². The molecule has 0 spiro atoms. The van der Waals surface area contributed by atoms with Crippen LogP contribution >= 0.6 is 0 Å². The molecule has 0 aromatic heterocycles. The Bertz CT molecular complexity index is 413. The van der Waals surface area contributed by atoms with Gasteiger partial charge in [-0.15, -0.1) is 10.0 Å². The third-order valence-electron chi connectivity index (χ3n) is 2.12. The van der Waals surface area contributed by atoms with Gasteiger partial charge in [0.05, 0.1) is 0 Å². The number of phenols is 2. The lowest BCUT2D eigenvalue weighted by molar-refractivity contribution is -0.140. The van der Waals surface area contributed by atoms with Crippen molar-refractivity contribution in [3.63, 3.8) is 0 Å². The minimum atomic E-state index is -1.49. The molecule has 0 amide bonds. The molecule has 0 bridgehead atoms. The summed E-state index contributed by atoms with van der Waals surface area (Å²) in [6, 6.07) is 1.12. The van der Waals surface area contributed by atoms with E-state index in [0.717, 1.165) is 5.54 Å². The van der Waals surface area contributed by atoms with E-state index < -0.39 is 23.5 Å². The Kier molecular flexibility index (Phi) is 3.73. The molecular formula is C9H9BFNO4. The Morgan fingerprint density at radius 1 is 1.44 bits per heavy atom. The van der Waals surface area contributed by atoms with Gasteiger partial charge in [-0.2, -0.15) is 0 Å². The van der Waals surface area contributed by atoms with Crippen LogP contribution < -0.4 is 11.0 Å². The first-order chi connectivity index (χ1) is 7.47. The molecule has 4 N–H and O–H groups in total. The maximum absolute atomic E-state index is 12.1. The van der Waals surface area contributed by atoms with Crippen molar-refractivity contribution in [2.75, 3.05) is 0 Å². The Morgan fingerprint density at radius 3 is 2.56 bits per heavy atom. The van der Waals surface area contributed by atoms with Gasteiger partial charge in [-0.05, 0) is 5.56 Å². The van der Waals surface area contributed by atoms with E-state index in [1.807, 2.05) is 0 Å². The molecule has 0 aliphatic rings. The van der Waals surface area contributed by atoms with Gasteiger partial charge in [-0.3, -0.25) is 4.79 Å². The predicted octanol–water partition coefficient (Wildman–Crippen LogP) is -0.639. The summed E-state index contributed by atoms with van der Waals surface area (Å²) in [7, 11) is 5.30. The average Bonchev–Trinajstić information content (AvgIpc) is 2.25. The van der Waals surface area contributed by atoms with Crippen molar-refractivity contribution in [1.82, 2.24) is 5.54 Å².